The summed E-state index contributed by atoms with van der Waals surface area (Å²) in [4.78, 5) is 5.29. The minimum Gasteiger partial charge on any atom is -0.314 e. The highest BCUT2D eigenvalue weighted by Crippen LogP contribution is 2.34. The molecule has 0 spiro atoms. The summed E-state index contributed by atoms with van der Waals surface area (Å²) < 4.78 is 0. The Morgan fingerprint density at radius 3 is 2.52 bits per heavy atom. The molecule has 5 unspecified atom stereocenters. The molecule has 1 saturated heterocycles. The smallest absolute Gasteiger partial charge is 0.0218 e. The van der Waals surface area contributed by atoms with Crippen LogP contribution in [-0.2, 0) is 0 Å². The molecule has 2 aliphatic rings. The van der Waals surface area contributed by atoms with Gasteiger partial charge in [0.2, 0.25) is 0 Å². The molecule has 3 nitrogen and oxygen atoms in total. The van der Waals surface area contributed by atoms with Crippen LogP contribution in [0.15, 0.2) is 0 Å². The van der Waals surface area contributed by atoms with Gasteiger partial charge in [-0.25, -0.2) is 0 Å². The second kappa shape index (κ2) is 7.94. The normalized spacial score (nSPS) is 39.6. The number of likely N-dealkylation sites (N-methyl/N-ethyl adjacent to an activating group) is 1. The fourth-order valence-electron chi connectivity index (χ4n) is 4.63. The summed E-state index contributed by atoms with van der Waals surface area (Å²) in [5.41, 5.74) is 0. The summed E-state index contributed by atoms with van der Waals surface area (Å²) in [5.74, 6) is 2.58. The first kappa shape index (κ1) is 17.2. The van der Waals surface area contributed by atoms with Crippen molar-refractivity contribution in [1.82, 2.24) is 15.1 Å². The lowest BCUT2D eigenvalue weighted by Gasteiger charge is -2.45. The highest BCUT2D eigenvalue weighted by atomic mass is 15.3. The van der Waals surface area contributed by atoms with Crippen LogP contribution in [0.4, 0.5) is 0 Å². The Bertz CT molecular complexity index is 307. The Balaban J connectivity index is 1.95. The van der Waals surface area contributed by atoms with Gasteiger partial charge in [0.25, 0.3) is 0 Å². The van der Waals surface area contributed by atoms with E-state index in [-0.39, 0.29) is 0 Å². The van der Waals surface area contributed by atoms with Crippen molar-refractivity contribution >= 4 is 0 Å². The number of nitrogens with zero attached hydrogens (tertiary/aromatic N) is 2. The van der Waals surface area contributed by atoms with E-state index in [0.717, 1.165) is 36.4 Å². The number of piperazine rings is 1. The lowest BCUT2D eigenvalue weighted by molar-refractivity contribution is 0.0483. The average Bonchev–Trinajstić information content (AvgIpc) is 2.44. The first-order valence-electron chi connectivity index (χ1n) is 9.21. The Morgan fingerprint density at radius 1 is 1.10 bits per heavy atom. The molecule has 3 heteroatoms. The molecule has 5 atom stereocenters. The number of nitrogens with one attached hydrogen (secondary N) is 1. The van der Waals surface area contributed by atoms with Crippen LogP contribution in [0.1, 0.15) is 47.0 Å². The molecule has 2 rings (SSSR count). The van der Waals surface area contributed by atoms with Gasteiger partial charge in [-0.3, -0.25) is 0 Å². The predicted molar refractivity (Wildman–Crippen MR) is 91.7 cm³/mol. The first-order chi connectivity index (χ1) is 10.0. The molecule has 0 bridgehead atoms. The van der Waals surface area contributed by atoms with Crippen molar-refractivity contribution in [3.8, 4) is 0 Å². The summed E-state index contributed by atoms with van der Waals surface area (Å²) >= 11 is 0. The summed E-state index contributed by atoms with van der Waals surface area (Å²) in [6.07, 6.45) is 4.06. The van der Waals surface area contributed by atoms with Gasteiger partial charge in [0, 0.05) is 38.3 Å². The van der Waals surface area contributed by atoms with Crippen LogP contribution < -0.4 is 5.32 Å². The standard InChI is InChI=1S/C18H37N3/c1-6-16-12-21(9-8-20(16)5)13-17-15(4)10-14(3)11-18(17)19-7-2/h14-19H,6-13H2,1-5H3. The number of hydrogen-bond donors (Lipinski definition) is 1. The zero-order chi connectivity index (χ0) is 15.4. The Hall–Kier alpha value is -0.120. The van der Waals surface area contributed by atoms with E-state index in [4.69, 9.17) is 0 Å². The summed E-state index contributed by atoms with van der Waals surface area (Å²) in [7, 11) is 2.29. The summed E-state index contributed by atoms with van der Waals surface area (Å²) in [5, 5.41) is 3.78. The number of rotatable bonds is 5. The van der Waals surface area contributed by atoms with Gasteiger partial charge in [-0.05, 0) is 50.6 Å². The van der Waals surface area contributed by atoms with Crippen LogP contribution in [0.3, 0.4) is 0 Å². The molecule has 124 valence electrons. The molecule has 0 aromatic rings. The topological polar surface area (TPSA) is 18.5 Å². The van der Waals surface area contributed by atoms with Gasteiger partial charge < -0.3 is 15.1 Å². The van der Waals surface area contributed by atoms with Crippen molar-refractivity contribution in [2.45, 2.75) is 59.0 Å². The molecule has 0 amide bonds. The van der Waals surface area contributed by atoms with E-state index in [1.54, 1.807) is 0 Å². The lowest BCUT2D eigenvalue weighted by Crippen LogP contribution is -2.55. The van der Waals surface area contributed by atoms with Crippen molar-refractivity contribution in [1.29, 1.82) is 0 Å². The predicted octanol–water partition coefficient (Wildman–Crippen LogP) is 2.67. The molecule has 1 saturated carbocycles. The monoisotopic (exact) mass is 295 g/mol. The molecular weight excluding hydrogens is 258 g/mol. The maximum Gasteiger partial charge on any atom is 0.0218 e. The van der Waals surface area contributed by atoms with Gasteiger partial charge in [0.15, 0.2) is 0 Å². The highest BCUT2D eigenvalue weighted by Gasteiger charge is 2.35. The quantitative estimate of drug-likeness (QED) is 0.841. The van der Waals surface area contributed by atoms with Crippen molar-refractivity contribution in [2.24, 2.45) is 17.8 Å². The minimum atomic E-state index is 0.730. The van der Waals surface area contributed by atoms with Crippen molar-refractivity contribution in [2.75, 3.05) is 39.8 Å². The van der Waals surface area contributed by atoms with E-state index >= 15 is 0 Å². The van der Waals surface area contributed by atoms with E-state index in [1.165, 1.54) is 45.4 Å². The Labute approximate surface area is 132 Å². The molecule has 0 aromatic carbocycles. The first-order valence-corrected chi connectivity index (χ1v) is 9.21. The van der Waals surface area contributed by atoms with Crippen LogP contribution in [-0.4, -0.2) is 61.7 Å². The number of hydrogen-bond acceptors (Lipinski definition) is 3. The summed E-state index contributed by atoms with van der Waals surface area (Å²) in [6, 6.07) is 1.49. The second-order valence-electron chi connectivity index (χ2n) is 7.68. The third-order valence-electron chi connectivity index (χ3n) is 5.95. The fraction of sp³-hybridized carbons (Fsp3) is 1.00. The van der Waals surface area contributed by atoms with Gasteiger partial charge in [-0.15, -0.1) is 0 Å². The minimum absolute atomic E-state index is 0.730. The summed E-state index contributed by atoms with van der Waals surface area (Å²) in [6.45, 7) is 15.7. The second-order valence-corrected chi connectivity index (χ2v) is 7.68. The van der Waals surface area contributed by atoms with E-state index in [2.05, 4.69) is 49.9 Å². The molecule has 1 aliphatic heterocycles. The van der Waals surface area contributed by atoms with Crippen molar-refractivity contribution in [3.63, 3.8) is 0 Å². The van der Waals surface area contributed by atoms with Gasteiger partial charge in [-0.1, -0.05) is 27.7 Å². The highest BCUT2D eigenvalue weighted by molar-refractivity contribution is 4.91. The molecule has 2 fully saturated rings. The third kappa shape index (κ3) is 4.43. The van der Waals surface area contributed by atoms with Gasteiger partial charge in [-0.2, -0.15) is 0 Å². The largest absolute Gasteiger partial charge is 0.314 e. The third-order valence-corrected chi connectivity index (χ3v) is 5.95. The van der Waals surface area contributed by atoms with Crippen molar-refractivity contribution in [3.05, 3.63) is 0 Å². The molecule has 21 heavy (non-hydrogen) atoms. The fourth-order valence-corrected chi connectivity index (χ4v) is 4.63. The van der Waals surface area contributed by atoms with Crippen LogP contribution >= 0.6 is 0 Å². The van der Waals surface area contributed by atoms with Crippen LogP contribution in [0.25, 0.3) is 0 Å². The Morgan fingerprint density at radius 2 is 1.86 bits per heavy atom. The Kier molecular flexibility index (Phi) is 6.51. The molecule has 0 aromatic heterocycles. The average molecular weight is 296 g/mol. The van der Waals surface area contributed by atoms with E-state index in [0.29, 0.717) is 0 Å². The maximum atomic E-state index is 3.78. The SMILES string of the molecule is CCNC1CC(C)CC(C)C1CN1CCN(C)C(CC)C1. The van der Waals surface area contributed by atoms with Crippen molar-refractivity contribution < 1.29 is 0 Å². The van der Waals surface area contributed by atoms with E-state index in [9.17, 15) is 0 Å². The van der Waals surface area contributed by atoms with E-state index in [1.807, 2.05) is 0 Å². The van der Waals surface area contributed by atoms with E-state index < -0.39 is 0 Å². The van der Waals surface area contributed by atoms with Gasteiger partial charge >= 0.3 is 0 Å². The van der Waals surface area contributed by atoms with Crippen LogP contribution in [0.5, 0.6) is 0 Å². The molecule has 0 radical (unpaired) electrons. The van der Waals surface area contributed by atoms with Gasteiger partial charge in [0.05, 0.1) is 0 Å². The van der Waals surface area contributed by atoms with Crippen LogP contribution in [0, 0.1) is 17.8 Å². The van der Waals surface area contributed by atoms with Gasteiger partial charge in [0.1, 0.15) is 0 Å². The molecule has 1 heterocycles. The molecular formula is C18H37N3. The zero-order valence-electron chi connectivity index (χ0n) is 14.9. The van der Waals surface area contributed by atoms with Crippen LogP contribution in [0.2, 0.25) is 0 Å². The maximum absolute atomic E-state index is 3.78. The zero-order valence-corrected chi connectivity index (χ0v) is 14.9. The molecule has 1 N–H and O–H groups in total. The lowest BCUT2D eigenvalue weighted by atomic mass is 9.72. The molecule has 1 aliphatic carbocycles.